The Morgan fingerprint density at radius 1 is 1.36 bits per heavy atom. The summed E-state index contributed by atoms with van der Waals surface area (Å²) in [5, 5.41) is 0. The standard InChI is InChI=1S/C17H19F3N4O/c1-2-13-8-15(25)23-16(22-13)11-5-6-14(21-9-11)24-7-3-4-12(10-24)17(18,19)20/h5-6,8-9,12H,2-4,7,10H2,1H3,(H,22,23,25). The van der Waals surface area contributed by atoms with Gasteiger partial charge in [-0.15, -0.1) is 0 Å². The molecular formula is C17H19F3N4O. The van der Waals surface area contributed by atoms with Crippen molar-refractivity contribution in [1.29, 1.82) is 0 Å². The van der Waals surface area contributed by atoms with Crippen molar-refractivity contribution < 1.29 is 13.2 Å². The summed E-state index contributed by atoms with van der Waals surface area (Å²) in [6.07, 6.45) is -1.37. The summed E-state index contributed by atoms with van der Waals surface area (Å²) in [6, 6.07) is 4.83. The second kappa shape index (κ2) is 6.85. The number of rotatable bonds is 3. The number of piperidine rings is 1. The Morgan fingerprint density at radius 3 is 2.80 bits per heavy atom. The first-order valence-corrected chi connectivity index (χ1v) is 8.25. The second-order valence-corrected chi connectivity index (χ2v) is 6.17. The number of pyridine rings is 1. The molecule has 25 heavy (non-hydrogen) atoms. The third-order valence-corrected chi connectivity index (χ3v) is 4.39. The molecular weight excluding hydrogens is 333 g/mol. The Hall–Kier alpha value is -2.38. The molecule has 0 aromatic carbocycles. The topological polar surface area (TPSA) is 61.9 Å². The Balaban J connectivity index is 1.81. The number of hydrogen-bond donors (Lipinski definition) is 1. The van der Waals surface area contributed by atoms with E-state index in [4.69, 9.17) is 0 Å². The number of halogens is 3. The van der Waals surface area contributed by atoms with Crippen LogP contribution in [0.2, 0.25) is 0 Å². The number of aryl methyl sites for hydroxylation is 1. The van der Waals surface area contributed by atoms with Crippen LogP contribution in [0, 0.1) is 5.92 Å². The molecule has 1 saturated heterocycles. The molecule has 0 saturated carbocycles. The predicted octanol–water partition coefficient (Wildman–Crippen LogP) is 3.17. The number of nitrogens with zero attached hydrogens (tertiary/aromatic N) is 3. The molecule has 1 aliphatic heterocycles. The molecule has 0 spiro atoms. The zero-order valence-electron chi connectivity index (χ0n) is 13.8. The average molecular weight is 352 g/mol. The van der Waals surface area contributed by atoms with Crippen LogP contribution in [-0.4, -0.2) is 34.2 Å². The molecule has 5 nitrogen and oxygen atoms in total. The molecule has 3 heterocycles. The molecule has 0 aliphatic carbocycles. The molecule has 0 bridgehead atoms. The first-order chi connectivity index (χ1) is 11.9. The van der Waals surface area contributed by atoms with Gasteiger partial charge in [-0.05, 0) is 31.4 Å². The van der Waals surface area contributed by atoms with Gasteiger partial charge in [0.2, 0.25) is 0 Å². The number of aromatic amines is 1. The quantitative estimate of drug-likeness (QED) is 0.922. The summed E-state index contributed by atoms with van der Waals surface area (Å²) in [5.41, 5.74) is 1.06. The fraction of sp³-hybridized carbons (Fsp3) is 0.471. The molecule has 2 aromatic rings. The monoisotopic (exact) mass is 352 g/mol. The number of anilines is 1. The van der Waals surface area contributed by atoms with E-state index in [1.165, 1.54) is 12.3 Å². The molecule has 1 aliphatic rings. The summed E-state index contributed by atoms with van der Waals surface area (Å²) < 4.78 is 38.8. The summed E-state index contributed by atoms with van der Waals surface area (Å²) in [7, 11) is 0. The maximum atomic E-state index is 12.9. The minimum Gasteiger partial charge on any atom is -0.356 e. The maximum Gasteiger partial charge on any atom is 0.393 e. The lowest BCUT2D eigenvalue weighted by atomic mass is 9.97. The lowest BCUT2D eigenvalue weighted by molar-refractivity contribution is -0.176. The molecule has 1 atom stereocenters. The SMILES string of the molecule is CCc1cc(=O)[nH]c(-c2ccc(N3CCCC(C(F)(F)F)C3)nc2)n1. The smallest absolute Gasteiger partial charge is 0.356 e. The van der Waals surface area contributed by atoms with E-state index in [1.807, 2.05) is 6.92 Å². The highest BCUT2D eigenvalue weighted by Crippen LogP contribution is 2.34. The van der Waals surface area contributed by atoms with Gasteiger partial charge in [0.25, 0.3) is 5.56 Å². The largest absolute Gasteiger partial charge is 0.393 e. The van der Waals surface area contributed by atoms with Crippen molar-refractivity contribution in [2.45, 2.75) is 32.4 Å². The van der Waals surface area contributed by atoms with E-state index in [1.54, 1.807) is 17.0 Å². The third kappa shape index (κ3) is 4.00. The molecule has 8 heteroatoms. The minimum atomic E-state index is -4.18. The fourth-order valence-corrected chi connectivity index (χ4v) is 2.99. The average Bonchev–Trinajstić information content (AvgIpc) is 2.60. The van der Waals surface area contributed by atoms with Crippen LogP contribution in [0.3, 0.4) is 0 Å². The number of nitrogens with one attached hydrogen (secondary N) is 1. The molecule has 1 unspecified atom stereocenters. The van der Waals surface area contributed by atoms with Gasteiger partial charge >= 0.3 is 6.18 Å². The van der Waals surface area contributed by atoms with Gasteiger partial charge in [-0.2, -0.15) is 13.2 Å². The summed E-state index contributed by atoms with van der Waals surface area (Å²) >= 11 is 0. The van der Waals surface area contributed by atoms with E-state index < -0.39 is 12.1 Å². The van der Waals surface area contributed by atoms with Crippen molar-refractivity contribution in [1.82, 2.24) is 15.0 Å². The fourth-order valence-electron chi connectivity index (χ4n) is 2.99. The van der Waals surface area contributed by atoms with Gasteiger partial charge in [-0.25, -0.2) is 9.97 Å². The van der Waals surface area contributed by atoms with Crippen molar-refractivity contribution in [3.8, 4) is 11.4 Å². The van der Waals surface area contributed by atoms with Gasteiger partial charge in [0.05, 0.1) is 5.92 Å². The molecule has 1 fully saturated rings. The van der Waals surface area contributed by atoms with Gasteiger partial charge in [0.1, 0.15) is 11.6 Å². The molecule has 0 radical (unpaired) electrons. The van der Waals surface area contributed by atoms with E-state index in [0.717, 1.165) is 0 Å². The Kier molecular flexibility index (Phi) is 4.78. The van der Waals surface area contributed by atoms with Crippen LogP contribution in [0.5, 0.6) is 0 Å². The van der Waals surface area contributed by atoms with E-state index in [-0.39, 0.29) is 18.5 Å². The molecule has 0 amide bonds. The van der Waals surface area contributed by atoms with E-state index >= 15 is 0 Å². The predicted molar refractivity (Wildman–Crippen MR) is 88.5 cm³/mol. The van der Waals surface area contributed by atoms with Gasteiger partial charge < -0.3 is 9.88 Å². The van der Waals surface area contributed by atoms with Gasteiger partial charge in [-0.3, -0.25) is 4.79 Å². The number of aromatic nitrogens is 3. The van der Waals surface area contributed by atoms with Crippen LogP contribution in [0.4, 0.5) is 19.0 Å². The Labute approximate surface area is 142 Å². The third-order valence-electron chi connectivity index (χ3n) is 4.39. The molecule has 2 aromatic heterocycles. The van der Waals surface area contributed by atoms with Crippen LogP contribution in [0.25, 0.3) is 11.4 Å². The molecule has 1 N–H and O–H groups in total. The number of H-pyrrole nitrogens is 1. The highest BCUT2D eigenvalue weighted by atomic mass is 19.4. The van der Waals surface area contributed by atoms with E-state index in [9.17, 15) is 18.0 Å². The normalized spacial score (nSPS) is 18.4. The summed E-state index contributed by atoms with van der Waals surface area (Å²) in [6.45, 7) is 2.38. The van der Waals surface area contributed by atoms with Crippen molar-refractivity contribution >= 4 is 5.82 Å². The lowest BCUT2D eigenvalue weighted by Gasteiger charge is -2.34. The van der Waals surface area contributed by atoms with Crippen LogP contribution in [-0.2, 0) is 6.42 Å². The Bertz CT molecular complexity index is 786. The first-order valence-electron chi connectivity index (χ1n) is 8.25. The highest BCUT2D eigenvalue weighted by molar-refractivity contribution is 5.56. The Morgan fingerprint density at radius 2 is 2.16 bits per heavy atom. The van der Waals surface area contributed by atoms with Crippen LogP contribution in [0.15, 0.2) is 29.2 Å². The van der Waals surface area contributed by atoms with Crippen LogP contribution < -0.4 is 10.5 Å². The van der Waals surface area contributed by atoms with Crippen molar-refractivity contribution in [2.24, 2.45) is 5.92 Å². The number of hydrogen-bond acceptors (Lipinski definition) is 4. The van der Waals surface area contributed by atoms with Crippen molar-refractivity contribution in [2.75, 3.05) is 18.0 Å². The summed E-state index contributed by atoms with van der Waals surface area (Å²) in [5.74, 6) is -0.399. The zero-order chi connectivity index (χ0) is 18.0. The van der Waals surface area contributed by atoms with Gasteiger partial charge in [0.15, 0.2) is 0 Å². The zero-order valence-corrected chi connectivity index (χ0v) is 13.8. The van der Waals surface area contributed by atoms with Gasteiger partial charge in [-0.1, -0.05) is 6.92 Å². The minimum absolute atomic E-state index is 0.0732. The molecule has 3 rings (SSSR count). The van der Waals surface area contributed by atoms with E-state index in [0.29, 0.717) is 42.3 Å². The second-order valence-electron chi connectivity index (χ2n) is 6.17. The van der Waals surface area contributed by atoms with Crippen LogP contribution >= 0.6 is 0 Å². The summed E-state index contributed by atoms with van der Waals surface area (Å²) in [4.78, 5) is 24.6. The van der Waals surface area contributed by atoms with Crippen molar-refractivity contribution in [3.05, 3.63) is 40.4 Å². The van der Waals surface area contributed by atoms with E-state index in [2.05, 4.69) is 15.0 Å². The molecule has 134 valence electrons. The number of alkyl halides is 3. The van der Waals surface area contributed by atoms with Crippen molar-refractivity contribution in [3.63, 3.8) is 0 Å². The lowest BCUT2D eigenvalue weighted by Crippen LogP contribution is -2.42. The van der Waals surface area contributed by atoms with Gasteiger partial charge in [0, 0.05) is 36.6 Å². The first kappa shape index (κ1) is 17.4. The van der Waals surface area contributed by atoms with Crippen LogP contribution in [0.1, 0.15) is 25.5 Å². The maximum absolute atomic E-state index is 12.9. The highest BCUT2D eigenvalue weighted by Gasteiger charge is 2.42.